The molecule has 0 radical (unpaired) electrons. The van der Waals surface area contributed by atoms with Gasteiger partial charge < -0.3 is 15.0 Å². The SMILES string of the molecule is CCCN(CCC)C(=O)Cc1c(-c2ccc(Cl)c(N)c2)nc2c(Cl)cc(Cl)cn12. The highest BCUT2D eigenvalue weighted by Gasteiger charge is 2.22. The van der Waals surface area contributed by atoms with E-state index >= 15 is 0 Å². The minimum absolute atomic E-state index is 0.0368. The van der Waals surface area contributed by atoms with Crippen LogP contribution in [0.3, 0.4) is 0 Å². The van der Waals surface area contributed by atoms with Crippen LogP contribution in [0, 0.1) is 0 Å². The van der Waals surface area contributed by atoms with Crippen LogP contribution in [-0.4, -0.2) is 33.3 Å². The van der Waals surface area contributed by atoms with E-state index in [9.17, 15) is 4.79 Å². The first-order valence-electron chi connectivity index (χ1n) is 9.54. The first-order chi connectivity index (χ1) is 13.8. The lowest BCUT2D eigenvalue weighted by Gasteiger charge is -2.21. The van der Waals surface area contributed by atoms with E-state index in [1.165, 1.54) is 0 Å². The number of hydrogen-bond acceptors (Lipinski definition) is 3. The van der Waals surface area contributed by atoms with Crippen LogP contribution in [0.1, 0.15) is 32.4 Å². The number of carbonyl (C=O) groups is 1. The van der Waals surface area contributed by atoms with E-state index in [-0.39, 0.29) is 12.3 Å². The molecule has 0 unspecified atom stereocenters. The van der Waals surface area contributed by atoms with Crippen LogP contribution in [0.5, 0.6) is 0 Å². The standard InChI is InChI=1S/C21H23Cl3N4O/c1-3-7-27(8-4-2)19(29)11-18-20(13-5-6-15(23)17(25)9-13)26-21-16(24)10-14(22)12-28(18)21/h5-6,9-10,12H,3-4,7-8,11,25H2,1-2H3. The Morgan fingerprint density at radius 2 is 1.79 bits per heavy atom. The molecule has 2 aromatic heterocycles. The molecule has 1 aromatic carbocycles. The molecule has 1 amide bonds. The summed E-state index contributed by atoms with van der Waals surface area (Å²) in [6.45, 7) is 5.56. The maximum absolute atomic E-state index is 13.1. The second kappa shape index (κ2) is 9.24. The van der Waals surface area contributed by atoms with Crippen molar-refractivity contribution in [2.45, 2.75) is 33.1 Å². The predicted octanol–water partition coefficient (Wildman–Crippen LogP) is 5.73. The number of carbonyl (C=O) groups excluding carboxylic acids is 1. The Morgan fingerprint density at radius 1 is 1.10 bits per heavy atom. The van der Waals surface area contributed by atoms with Gasteiger partial charge in [0.05, 0.1) is 38.6 Å². The molecule has 3 rings (SSSR count). The van der Waals surface area contributed by atoms with Gasteiger partial charge in [0.25, 0.3) is 0 Å². The average Bonchev–Trinajstić information content (AvgIpc) is 3.02. The zero-order chi connectivity index (χ0) is 21.1. The lowest BCUT2D eigenvalue weighted by atomic mass is 10.1. The molecule has 29 heavy (non-hydrogen) atoms. The van der Waals surface area contributed by atoms with Crippen molar-refractivity contribution in [2.24, 2.45) is 0 Å². The van der Waals surface area contributed by atoms with Gasteiger partial charge in [0.15, 0.2) is 5.65 Å². The summed E-state index contributed by atoms with van der Waals surface area (Å²) in [4.78, 5) is 19.7. The van der Waals surface area contributed by atoms with Gasteiger partial charge in [0, 0.05) is 24.8 Å². The average molecular weight is 454 g/mol. The third-order valence-electron chi connectivity index (χ3n) is 4.67. The summed E-state index contributed by atoms with van der Waals surface area (Å²) in [6, 6.07) is 6.94. The molecule has 8 heteroatoms. The number of pyridine rings is 1. The van der Waals surface area contributed by atoms with E-state index in [1.807, 2.05) is 11.0 Å². The van der Waals surface area contributed by atoms with Gasteiger partial charge in [0.2, 0.25) is 5.91 Å². The highest BCUT2D eigenvalue weighted by molar-refractivity contribution is 6.36. The van der Waals surface area contributed by atoms with Crippen molar-refractivity contribution in [3.05, 3.63) is 51.2 Å². The topological polar surface area (TPSA) is 63.6 Å². The van der Waals surface area contributed by atoms with Crippen LogP contribution >= 0.6 is 34.8 Å². The minimum Gasteiger partial charge on any atom is -0.398 e. The van der Waals surface area contributed by atoms with E-state index in [0.717, 1.165) is 18.4 Å². The molecule has 0 saturated carbocycles. The van der Waals surface area contributed by atoms with Gasteiger partial charge in [-0.15, -0.1) is 0 Å². The molecule has 0 aliphatic heterocycles. The molecule has 0 aliphatic carbocycles. The number of nitrogens with zero attached hydrogens (tertiary/aromatic N) is 3. The van der Waals surface area contributed by atoms with E-state index in [0.29, 0.717) is 50.9 Å². The molecule has 0 fully saturated rings. The van der Waals surface area contributed by atoms with Gasteiger partial charge in [-0.3, -0.25) is 4.79 Å². The fraction of sp³-hybridized carbons (Fsp3) is 0.333. The molecule has 0 spiro atoms. The number of halogens is 3. The molecule has 3 aromatic rings. The van der Waals surface area contributed by atoms with Crippen LogP contribution in [0.25, 0.3) is 16.9 Å². The maximum atomic E-state index is 13.1. The molecule has 0 saturated heterocycles. The van der Waals surface area contributed by atoms with Crippen molar-refractivity contribution < 1.29 is 4.79 Å². The molecule has 154 valence electrons. The number of anilines is 1. The van der Waals surface area contributed by atoms with Crippen LogP contribution in [0.2, 0.25) is 15.1 Å². The summed E-state index contributed by atoms with van der Waals surface area (Å²) in [5.41, 5.74) is 9.10. The van der Waals surface area contributed by atoms with E-state index in [4.69, 9.17) is 45.5 Å². The first-order valence-corrected chi connectivity index (χ1v) is 10.7. The summed E-state index contributed by atoms with van der Waals surface area (Å²) >= 11 is 18.7. The number of aromatic nitrogens is 2. The number of nitrogen functional groups attached to an aromatic ring is 1. The second-order valence-electron chi connectivity index (χ2n) is 6.90. The van der Waals surface area contributed by atoms with Crippen molar-refractivity contribution in [3.63, 3.8) is 0 Å². The van der Waals surface area contributed by atoms with Gasteiger partial charge in [-0.1, -0.05) is 54.7 Å². The summed E-state index contributed by atoms with van der Waals surface area (Å²) in [5.74, 6) is 0.0368. The van der Waals surface area contributed by atoms with Crippen molar-refractivity contribution >= 4 is 52.0 Å². The van der Waals surface area contributed by atoms with Crippen LogP contribution < -0.4 is 5.73 Å². The van der Waals surface area contributed by atoms with Crippen molar-refractivity contribution in [1.29, 1.82) is 0 Å². The fourth-order valence-electron chi connectivity index (χ4n) is 3.37. The molecular weight excluding hydrogens is 431 g/mol. The monoisotopic (exact) mass is 452 g/mol. The summed E-state index contributed by atoms with van der Waals surface area (Å²) in [7, 11) is 0. The number of nitrogens with two attached hydrogens (primary N) is 1. The predicted molar refractivity (Wildman–Crippen MR) is 121 cm³/mol. The van der Waals surface area contributed by atoms with Crippen molar-refractivity contribution in [2.75, 3.05) is 18.8 Å². The fourth-order valence-corrected chi connectivity index (χ4v) is 4.00. The molecule has 0 atom stereocenters. The lowest BCUT2D eigenvalue weighted by molar-refractivity contribution is -0.130. The molecule has 0 aliphatic rings. The molecule has 2 heterocycles. The van der Waals surface area contributed by atoms with E-state index < -0.39 is 0 Å². The molecular formula is C21H23Cl3N4O. The quantitative estimate of drug-likeness (QED) is 0.464. The normalized spacial score (nSPS) is 11.2. The Kier molecular flexibility index (Phi) is 6.93. The Morgan fingerprint density at radius 3 is 2.41 bits per heavy atom. The lowest BCUT2D eigenvalue weighted by Crippen LogP contribution is -2.34. The highest BCUT2D eigenvalue weighted by Crippen LogP contribution is 2.32. The first kappa shape index (κ1) is 21.8. The van der Waals surface area contributed by atoms with Crippen LogP contribution in [-0.2, 0) is 11.2 Å². The Hall–Kier alpha value is -1.95. The van der Waals surface area contributed by atoms with E-state index in [1.54, 1.807) is 28.8 Å². The van der Waals surface area contributed by atoms with Crippen molar-refractivity contribution in [1.82, 2.24) is 14.3 Å². The van der Waals surface area contributed by atoms with Gasteiger partial charge in [0.1, 0.15) is 0 Å². The zero-order valence-corrected chi connectivity index (χ0v) is 18.7. The maximum Gasteiger partial charge on any atom is 0.228 e. The third kappa shape index (κ3) is 4.63. The summed E-state index contributed by atoms with van der Waals surface area (Å²) in [5, 5.41) is 1.35. The van der Waals surface area contributed by atoms with Crippen LogP contribution in [0.15, 0.2) is 30.5 Å². The molecule has 2 N–H and O–H groups in total. The number of fused-ring (bicyclic) bond motifs is 1. The summed E-state index contributed by atoms with van der Waals surface area (Å²) in [6.07, 6.45) is 3.70. The highest BCUT2D eigenvalue weighted by atomic mass is 35.5. The Bertz CT molecular complexity index is 1040. The molecule has 5 nitrogen and oxygen atoms in total. The van der Waals surface area contributed by atoms with E-state index in [2.05, 4.69) is 13.8 Å². The van der Waals surface area contributed by atoms with Gasteiger partial charge in [-0.05, 0) is 31.0 Å². The van der Waals surface area contributed by atoms with Gasteiger partial charge >= 0.3 is 0 Å². The van der Waals surface area contributed by atoms with Gasteiger partial charge in [-0.2, -0.15) is 0 Å². The number of amides is 1. The van der Waals surface area contributed by atoms with Crippen LogP contribution in [0.4, 0.5) is 5.69 Å². The van der Waals surface area contributed by atoms with Gasteiger partial charge in [-0.25, -0.2) is 4.98 Å². The number of imidazole rings is 1. The largest absolute Gasteiger partial charge is 0.398 e. The third-order valence-corrected chi connectivity index (χ3v) is 5.50. The summed E-state index contributed by atoms with van der Waals surface area (Å²) < 4.78 is 1.79. The minimum atomic E-state index is 0.0368. The van der Waals surface area contributed by atoms with Crippen molar-refractivity contribution in [3.8, 4) is 11.3 Å². The number of benzene rings is 1. The smallest absolute Gasteiger partial charge is 0.228 e. The number of hydrogen-bond donors (Lipinski definition) is 1. The number of rotatable bonds is 7. The Labute approximate surface area is 185 Å². The second-order valence-corrected chi connectivity index (χ2v) is 8.15. The Balaban J connectivity index is 2.14. The molecule has 0 bridgehead atoms. The zero-order valence-electron chi connectivity index (χ0n) is 16.4.